The SMILES string of the molecule is COCCCCCNCc1cc(=O)n(C)c(=O)n1C. The third-order valence-corrected chi connectivity index (χ3v) is 3.13. The van der Waals surface area contributed by atoms with Gasteiger partial charge in [-0.05, 0) is 25.8 Å². The van der Waals surface area contributed by atoms with Gasteiger partial charge in [-0.25, -0.2) is 4.79 Å². The van der Waals surface area contributed by atoms with Crippen molar-refractivity contribution in [2.45, 2.75) is 25.8 Å². The molecule has 0 unspecified atom stereocenters. The van der Waals surface area contributed by atoms with E-state index >= 15 is 0 Å². The second-order valence-electron chi connectivity index (χ2n) is 4.60. The van der Waals surface area contributed by atoms with Crippen molar-refractivity contribution in [3.8, 4) is 0 Å². The van der Waals surface area contributed by atoms with Gasteiger partial charge < -0.3 is 10.1 Å². The Kier molecular flexibility index (Phi) is 6.52. The van der Waals surface area contributed by atoms with Gasteiger partial charge in [-0.2, -0.15) is 0 Å². The number of rotatable bonds is 8. The molecule has 0 atom stereocenters. The highest BCUT2D eigenvalue weighted by Gasteiger charge is 2.04. The van der Waals surface area contributed by atoms with Gasteiger partial charge >= 0.3 is 5.69 Å². The fourth-order valence-electron chi connectivity index (χ4n) is 1.84. The molecule has 6 nitrogen and oxygen atoms in total. The minimum absolute atomic E-state index is 0.264. The van der Waals surface area contributed by atoms with Gasteiger partial charge in [-0.1, -0.05) is 0 Å². The number of nitrogens with zero attached hydrogens (tertiary/aromatic N) is 2. The van der Waals surface area contributed by atoms with E-state index in [0.29, 0.717) is 12.2 Å². The summed E-state index contributed by atoms with van der Waals surface area (Å²) < 4.78 is 7.58. The third kappa shape index (κ3) is 4.65. The summed E-state index contributed by atoms with van der Waals surface area (Å²) in [5, 5.41) is 3.24. The van der Waals surface area contributed by atoms with Crippen LogP contribution in [0.4, 0.5) is 0 Å². The molecule has 0 aliphatic rings. The Hall–Kier alpha value is -1.40. The molecule has 0 aliphatic heterocycles. The Morgan fingerprint density at radius 2 is 1.89 bits per heavy atom. The maximum absolute atomic E-state index is 11.7. The molecule has 1 rings (SSSR count). The second kappa shape index (κ2) is 7.91. The molecule has 0 bridgehead atoms. The van der Waals surface area contributed by atoms with Crippen LogP contribution in [-0.4, -0.2) is 29.4 Å². The first kappa shape index (κ1) is 15.7. The van der Waals surface area contributed by atoms with E-state index in [1.165, 1.54) is 17.7 Å². The van der Waals surface area contributed by atoms with Crippen molar-refractivity contribution in [3.05, 3.63) is 32.6 Å². The normalized spacial score (nSPS) is 10.9. The molecule has 0 spiro atoms. The predicted molar refractivity (Wildman–Crippen MR) is 74.4 cm³/mol. The van der Waals surface area contributed by atoms with Crippen LogP contribution in [0, 0.1) is 0 Å². The van der Waals surface area contributed by atoms with Crippen molar-refractivity contribution in [2.24, 2.45) is 14.1 Å². The minimum Gasteiger partial charge on any atom is -0.385 e. The van der Waals surface area contributed by atoms with Crippen LogP contribution in [0.25, 0.3) is 0 Å². The standard InChI is InChI=1S/C13H23N3O3/c1-15-11(9-12(17)16(2)13(15)18)10-14-7-5-4-6-8-19-3/h9,14H,4-8,10H2,1-3H3. The first-order valence-electron chi connectivity index (χ1n) is 6.53. The van der Waals surface area contributed by atoms with E-state index in [4.69, 9.17) is 4.74 Å². The Labute approximate surface area is 113 Å². The van der Waals surface area contributed by atoms with Crippen LogP contribution in [0.5, 0.6) is 0 Å². The van der Waals surface area contributed by atoms with E-state index in [-0.39, 0.29) is 11.2 Å². The molecule has 0 radical (unpaired) electrons. The van der Waals surface area contributed by atoms with Crippen molar-refractivity contribution < 1.29 is 4.74 Å². The molecular weight excluding hydrogens is 246 g/mol. The van der Waals surface area contributed by atoms with Gasteiger partial charge in [0.2, 0.25) is 0 Å². The van der Waals surface area contributed by atoms with Crippen molar-refractivity contribution in [3.63, 3.8) is 0 Å². The van der Waals surface area contributed by atoms with Crippen LogP contribution in [-0.2, 0) is 25.4 Å². The van der Waals surface area contributed by atoms with Crippen molar-refractivity contribution in [1.29, 1.82) is 0 Å². The highest BCUT2D eigenvalue weighted by Crippen LogP contribution is 1.95. The van der Waals surface area contributed by atoms with E-state index in [0.717, 1.165) is 37.0 Å². The number of hydrogen-bond donors (Lipinski definition) is 1. The summed E-state index contributed by atoms with van der Waals surface area (Å²) in [5.74, 6) is 0. The number of hydrogen-bond acceptors (Lipinski definition) is 4. The summed E-state index contributed by atoms with van der Waals surface area (Å²) >= 11 is 0. The summed E-state index contributed by atoms with van der Waals surface area (Å²) in [6.07, 6.45) is 3.22. The summed E-state index contributed by atoms with van der Waals surface area (Å²) in [4.78, 5) is 23.2. The number of methoxy groups -OCH3 is 1. The average molecular weight is 269 g/mol. The van der Waals surface area contributed by atoms with E-state index in [2.05, 4.69) is 5.32 Å². The summed E-state index contributed by atoms with van der Waals surface area (Å²) in [7, 11) is 4.86. The van der Waals surface area contributed by atoms with E-state index in [9.17, 15) is 9.59 Å². The molecule has 1 heterocycles. The number of ether oxygens (including phenoxy) is 1. The number of nitrogens with one attached hydrogen (secondary N) is 1. The summed E-state index contributed by atoms with van der Waals surface area (Å²) in [6.45, 7) is 2.20. The zero-order valence-corrected chi connectivity index (χ0v) is 11.9. The lowest BCUT2D eigenvalue weighted by Gasteiger charge is -2.10. The number of unbranched alkanes of at least 4 members (excludes halogenated alkanes) is 2. The molecule has 0 aliphatic carbocycles. The molecule has 1 aromatic rings. The van der Waals surface area contributed by atoms with Crippen LogP contribution < -0.4 is 16.6 Å². The first-order chi connectivity index (χ1) is 9.07. The van der Waals surface area contributed by atoms with Crippen LogP contribution in [0.3, 0.4) is 0 Å². The molecule has 1 N–H and O–H groups in total. The minimum atomic E-state index is -0.288. The third-order valence-electron chi connectivity index (χ3n) is 3.13. The molecule has 108 valence electrons. The fraction of sp³-hybridized carbons (Fsp3) is 0.692. The first-order valence-corrected chi connectivity index (χ1v) is 6.53. The molecule has 1 aromatic heterocycles. The van der Waals surface area contributed by atoms with Crippen molar-refractivity contribution in [1.82, 2.24) is 14.5 Å². The van der Waals surface area contributed by atoms with Gasteiger partial charge in [0, 0.05) is 46.1 Å². The van der Waals surface area contributed by atoms with Gasteiger partial charge in [-0.3, -0.25) is 13.9 Å². The van der Waals surface area contributed by atoms with Crippen LogP contribution in [0.2, 0.25) is 0 Å². The van der Waals surface area contributed by atoms with Crippen LogP contribution >= 0.6 is 0 Å². The Morgan fingerprint density at radius 3 is 2.58 bits per heavy atom. The molecule has 0 saturated heterocycles. The Morgan fingerprint density at radius 1 is 1.16 bits per heavy atom. The zero-order chi connectivity index (χ0) is 14.3. The van der Waals surface area contributed by atoms with E-state index < -0.39 is 0 Å². The van der Waals surface area contributed by atoms with Gasteiger partial charge in [0.05, 0.1) is 0 Å². The molecule has 6 heteroatoms. The zero-order valence-electron chi connectivity index (χ0n) is 11.9. The Balaban J connectivity index is 2.42. The van der Waals surface area contributed by atoms with Gasteiger partial charge in [-0.15, -0.1) is 0 Å². The smallest absolute Gasteiger partial charge is 0.330 e. The highest BCUT2D eigenvalue weighted by molar-refractivity contribution is 5.01. The topological polar surface area (TPSA) is 65.3 Å². The number of aromatic nitrogens is 2. The predicted octanol–water partition coefficient (Wildman–Crippen LogP) is -0.00970. The molecule has 0 fully saturated rings. The highest BCUT2D eigenvalue weighted by atomic mass is 16.5. The summed E-state index contributed by atoms with van der Waals surface area (Å²) in [6, 6.07) is 1.50. The lowest BCUT2D eigenvalue weighted by atomic mass is 10.2. The maximum Gasteiger partial charge on any atom is 0.330 e. The lowest BCUT2D eigenvalue weighted by Crippen LogP contribution is -2.39. The fourth-order valence-corrected chi connectivity index (χ4v) is 1.84. The van der Waals surface area contributed by atoms with E-state index in [1.54, 1.807) is 14.2 Å². The van der Waals surface area contributed by atoms with Gasteiger partial charge in [0.25, 0.3) is 5.56 Å². The average Bonchev–Trinajstić information content (AvgIpc) is 2.41. The maximum atomic E-state index is 11.7. The molecule has 0 amide bonds. The monoisotopic (exact) mass is 269 g/mol. The molecule has 0 aromatic carbocycles. The molecule has 0 saturated carbocycles. The van der Waals surface area contributed by atoms with Crippen molar-refractivity contribution >= 4 is 0 Å². The van der Waals surface area contributed by atoms with Gasteiger partial charge in [0.1, 0.15) is 0 Å². The second-order valence-corrected chi connectivity index (χ2v) is 4.60. The van der Waals surface area contributed by atoms with Crippen molar-refractivity contribution in [2.75, 3.05) is 20.3 Å². The van der Waals surface area contributed by atoms with Crippen LogP contribution in [0.15, 0.2) is 15.7 Å². The van der Waals surface area contributed by atoms with Gasteiger partial charge in [0.15, 0.2) is 0 Å². The van der Waals surface area contributed by atoms with E-state index in [1.807, 2.05) is 0 Å². The Bertz CT molecular complexity index is 505. The molecule has 19 heavy (non-hydrogen) atoms. The molecular formula is C13H23N3O3. The largest absolute Gasteiger partial charge is 0.385 e. The van der Waals surface area contributed by atoms with Crippen LogP contribution in [0.1, 0.15) is 25.0 Å². The quantitative estimate of drug-likeness (QED) is 0.674. The lowest BCUT2D eigenvalue weighted by molar-refractivity contribution is 0.192. The summed E-state index contributed by atoms with van der Waals surface area (Å²) in [5.41, 5.74) is 0.161.